The maximum atomic E-state index is 2.82. The molecule has 0 aromatic rings. The molecule has 0 radical (unpaired) electrons. The van der Waals surface area contributed by atoms with Gasteiger partial charge in [-0.15, -0.1) is 0 Å². The second-order valence-electron chi connectivity index (χ2n) is 8.93. The molecule has 23 heavy (non-hydrogen) atoms. The molecule has 2 rings (SSSR count). The quantitative estimate of drug-likeness (QED) is 0.578. The molecule has 2 fully saturated rings. The Hall–Kier alpha value is -0.0800. The summed E-state index contributed by atoms with van der Waals surface area (Å²) in [7, 11) is 0. The third-order valence-corrected chi connectivity index (χ3v) is 6.35. The van der Waals surface area contributed by atoms with Crippen molar-refractivity contribution in [1.82, 2.24) is 9.80 Å². The summed E-state index contributed by atoms with van der Waals surface area (Å²) in [5.74, 6) is 2.75. The van der Waals surface area contributed by atoms with Crippen molar-refractivity contribution in [2.24, 2.45) is 17.8 Å². The predicted molar refractivity (Wildman–Crippen MR) is 102 cm³/mol. The van der Waals surface area contributed by atoms with E-state index >= 15 is 0 Å². The van der Waals surface area contributed by atoms with Crippen molar-refractivity contribution in [3.8, 4) is 0 Å². The lowest BCUT2D eigenvalue weighted by Gasteiger charge is -2.42. The largest absolute Gasteiger partial charge is 0.303 e. The fraction of sp³-hybridized carbons (Fsp3) is 1.00. The van der Waals surface area contributed by atoms with Crippen LogP contribution in [0.25, 0.3) is 0 Å². The Morgan fingerprint density at radius 3 is 2.00 bits per heavy atom. The lowest BCUT2D eigenvalue weighted by molar-refractivity contribution is 0.0686. The zero-order chi connectivity index (χ0) is 16.7. The van der Waals surface area contributed by atoms with E-state index in [1.54, 1.807) is 0 Å². The summed E-state index contributed by atoms with van der Waals surface area (Å²) in [6, 6.07) is 0.889. The van der Waals surface area contributed by atoms with E-state index in [0.29, 0.717) is 0 Å². The second-order valence-corrected chi connectivity index (χ2v) is 8.93. The molecule has 2 saturated heterocycles. The van der Waals surface area contributed by atoms with Crippen LogP contribution in [0.4, 0.5) is 0 Å². The van der Waals surface area contributed by atoms with Gasteiger partial charge in [-0.1, -0.05) is 47.0 Å². The van der Waals surface area contributed by atoms with Gasteiger partial charge >= 0.3 is 0 Å². The number of rotatable bonds is 8. The van der Waals surface area contributed by atoms with Crippen LogP contribution < -0.4 is 0 Å². The predicted octanol–water partition coefficient (Wildman–Crippen LogP) is 5.04. The van der Waals surface area contributed by atoms with Crippen LogP contribution in [0.1, 0.15) is 79.1 Å². The molecule has 0 amide bonds. The van der Waals surface area contributed by atoms with Crippen molar-refractivity contribution in [2.45, 2.75) is 85.1 Å². The highest BCUT2D eigenvalue weighted by molar-refractivity contribution is 4.83. The molecular formula is C21H42N2. The Morgan fingerprint density at radius 1 is 0.783 bits per heavy atom. The maximum Gasteiger partial charge on any atom is 0.0120 e. The van der Waals surface area contributed by atoms with E-state index in [9.17, 15) is 0 Å². The van der Waals surface area contributed by atoms with Crippen LogP contribution in [-0.4, -0.2) is 48.6 Å². The van der Waals surface area contributed by atoms with Crippen LogP contribution in [-0.2, 0) is 0 Å². The number of likely N-dealkylation sites (tertiary alicyclic amines) is 2. The third-order valence-electron chi connectivity index (χ3n) is 6.35. The standard InChI is InChI=1S/C21H42N2/c1-18(2)8-6-5-7-13-22-14-11-21(12-15-22)23-16-9-20(10-17-23)19(3)4/h18-21H,5-17H2,1-4H3. The van der Waals surface area contributed by atoms with Gasteiger partial charge in [0.15, 0.2) is 0 Å². The molecule has 2 aliphatic rings. The molecule has 2 heteroatoms. The minimum Gasteiger partial charge on any atom is -0.303 e. The highest BCUT2D eigenvalue weighted by atomic mass is 15.2. The molecule has 0 N–H and O–H groups in total. The Labute approximate surface area is 146 Å². The van der Waals surface area contributed by atoms with Gasteiger partial charge in [-0.05, 0) is 82.6 Å². The van der Waals surface area contributed by atoms with Gasteiger partial charge < -0.3 is 9.80 Å². The van der Waals surface area contributed by atoms with Gasteiger partial charge in [-0.3, -0.25) is 0 Å². The molecule has 2 heterocycles. The van der Waals surface area contributed by atoms with E-state index in [-0.39, 0.29) is 0 Å². The van der Waals surface area contributed by atoms with Crippen LogP contribution in [0.15, 0.2) is 0 Å². The summed E-state index contributed by atoms with van der Waals surface area (Å²) in [6.07, 6.45) is 11.4. The van der Waals surface area contributed by atoms with E-state index in [0.717, 1.165) is 23.8 Å². The third kappa shape index (κ3) is 6.74. The molecule has 0 saturated carbocycles. The minimum atomic E-state index is 0.880. The molecule has 0 bridgehead atoms. The van der Waals surface area contributed by atoms with Crippen LogP contribution >= 0.6 is 0 Å². The molecular weight excluding hydrogens is 280 g/mol. The molecule has 0 unspecified atom stereocenters. The summed E-state index contributed by atoms with van der Waals surface area (Å²) in [5, 5.41) is 0. The maximum absolute atomic E-state index is 2.82. The molecule has 0 spiro atoms. The van der Waals surface area contributed by atoms with Crippen molar-refractivity contribution in [3.05, 3.63) is 0 Å². The number of hydrogen-bond donors (Lipinski definition) is 0. The van der Waals surface area contributed by atoms with E-state index in [4.69, 9.17) is 0 Å². The summed E-state index contributed by atoms with van der Waals surface area (Å²) in [6.45, 7) is 16.3. The molecule has 0 aliphatic carbocycles. The monoisotopic (exact) mass is 322 g/mol. The van der Waals surface area contributed by atoms with Crippen LogP contribution in [0.3, 0.4) is 0 Å². The highest BCUT2D eigenvalue weighted by Crippen LogP contribution is 2.28. The van der Waals surface area contributed by atoms with Crippen LogP contribution in [0.2, 0.25) is 0 Å². The summed E-state index contributed by atoms with van der Waals surface area (Å²) < 4.78 is 0. The van der Waals surface area contributed by atoms with Crippen LogP contribution in [0, 0.1) is 17.8 Å². The van der Waals surface area contributed by atoms with Crippen molar-refractivity contribution in [3.63, 3.8) is 0 Å². The Balaban J connectivity index is 1.56. The molecule has 0 aromatic carbocycles. The smallest absolute Gasteiger partial charge is 0.0120 e. The average molecular weight is 323 g/mol. The number of hydrogen-bond acceptors (Lipinski definition) is 2. The van der Waals surface area contributed by atoms with Crippen molar-refractivity contribution in [1.29, 1.82) is 0 Å². The minimum absolute atomic E-state index is 0.880. The topological polar surface area (TPSA) is 6.48 Å². The Morgan fingerprint density at radius 2 is 1.43 bits per heavy atom. The van der Waals surface area contributed by atoms with Gasteiger partial charge in [0.1, 0.15) is 0 Å². The first-order valence-electron chi connectivity index (χ1n) is 10.5. The fourth-order valence-electron chi connectivity index (χ4n) is 4.52. The summed E-state index contributed by atoms with van der Waals surface area (Å²) in [5.41, 5.74) is 0. The van der Waals surface area contributed by atoms with Crippen molar-refractivity contribution >= 4 is 0 Å². The molecule has 2 aliphatic heterocycles. The number of piperidine rings is 2. The lowest BCUT2D eigenvalue weighted by atomic mass is 9.85. The highest BCUT2D eigenvalue weighted by Gasteiger charge is 2.28. The molecule has 0 atom stereocenters. The average Bonchev–Trinajstić information content (AvgIpc) is 2.55. The summed E-state index contributed by atoms with van der Waals surface area (Å²) in [4.78, 5) is 5.55. The second kappa shape index (κ2) is 10.0. The van der Waals surface area contributed by atoms with Gasteiger partial charge in [0, 0.05) is 6.04 Å². The van der Waals surface area contributed by atoms with Gasteiger partial charge in [-0.25, -0.2) is 0 Å². The molecule has 0 aromatic heterocycles. The lowest BCUT2D eigenvalue weighted by Crippen LogP contribution is -2.48. The zero-order valence-corrected chi connectivity index (χ0v) is 16.4. The van der Waals surface area contributed by atoms with Gasteiger partial charge in [0.2, 0.25) is 0 Å². The number of nitrogens with zero attached hydrogens (tertiary/aromatic N) is 2. The van der Waals surface area contributed by atoms with E-state index in [1.807, 2.05) is 0 Å². The van der Waals surface area contributed by atoms with Gasteiger partial charge in [0.25, 0.3) is 0 Å². The van der Waals surface area contributed by atoms with Crippen molar-refractivity contribution < 1.29 is 0 Å². The van der Waals surface area contributed by atoms with E-state index in [1.165, 1.54) is 84.1 Å². The molecule has 136 valence electrons. The molecule has 2 nitrogen and oxygen atoms in total. The SMILES string of the molecule is CC(C)CCCCCN1CCC(N2CCC(C(C)C)CC2)CC1. The number of unbranched alkanes of at least 4 members (excludes halogenated alkanes) is 2. The Bertz CT molecular complexity index is 297. The van der Waals surface area contributed by atoms with Gasteiger partial charge in [-0.2, -0.15) is 0 Å². The normalized spacial score (nSPS) is 23.2. The Kier molecular flexibility index (Phi) is 8.40. The first-order valence-corrected chi connectivity index (χ1v) is 10.5. The summed E-state index contributed by atoms with van der Waals surface area (Å²) >= 11 is 0. The van der Waals surface area contributed by atoms with Gasteiger partial charge in [0.05, 0.1) is 0 Å². The van der Waals surface area contributed by atoms with E-state index in [2.05, 4.69) is 37.5 Å². The zero-order valence-electron chi connectivity index (χ0n) is 16.4. The fourth-order valence-corrected chi connectivity index (χ4v) is 4.52. The van der Waals surface area contributed by atoms with Crippen LogP contribution in [0.5, 0.6) is 0 Å². The van der Waals surface area contributed by atoms with E-state index < -0.39 is 0 Å². The first kappa shape index (κ1) is 19.2. The van der Waals surface area contributed by atoms with Crippen molar-refractivity contribution in [2.75, 3.05) is 32.7 Å². The first-order chi connectivity index (χ1) is 11.1.